The van der Waals surface area contributed by atoms with Crippen LogP contribution in [-0.2, 0) is 0 Å². The van der Waals surface area contributed by atoms with Crippen LogP contribution in [0.4, 0.5) is 0 Å². The molecule has 0 aliphatic heterocycles. The predicted molar refractivity (Wildman–Crippen MR) is 113 cm³/mol. The zero-order chi connectivity index (χ0) is 19.2. The summed E-state index contributed by atoms with van der Waals surface area (Å²) in [5, 5.41) is 16.6. The molecule has 0 aliphatic rings. The van der Waals surface area contributed by atoms with E-state index < -0.39 is 0 Å². The summed E-state index contributed by atoms with van der Waals surface area (Å²) in [6.45, 7) is 4.19. The molecule has 0 radical (unpaired) electrons. The minimum atomic E-state index is 0.482. The lowest BCUT2D eigenvalue weighted by molar-refractivity contribution is 0.840. The second kappa shape index (κ2) is 8.83. The fourth-order valence-corrected chi connectivity index (χ4v) is 3.53. The molecule has 0 N–H and O–H groups in total. The van der Waals surface area contributed by atoms with E-state index in [9.17, 15) is 0 Å². The lowest BCUT2D eigenvalue weighted by Crippen LogP contribution is -2.12. The van der Waals surface area contributed by atoms with E-state index in [0.29, 0.717) is 27.0 Å². The van der Waals surface area contributed by atoms with E-state index in [-0.39, 0.29) is 0 Å². The lowest BCUT2D eigenvalue weighted by Gasteiger charge is -2.06. The van der Waals surface area contributed by atoms with Gasteiger partial charge in [0.2, 0.25) is 4.80 Å². The number of aromatic nitrogens is 1. The third-order valence-corrected chi connectivity index (χ3v) is 5.03. The second-order valence-corrected chi connectivity index (χ2v) is 7.13. The first kappa shape index (κ1) is 19.1. The molecule has 1 aromatic heterocycles. The molecule has 0 unspecified atom stereocenters. The molecule has 3 rings (SSSR count). The quantitative estimate of drug-likeness (QED) is 0.410. The first-order valence-electron chi connectivity index (χ1n) is 7.94. The van der Waals surface area contributed by atoms with Crippen molar-refractivity contribution >= 4 is 40.8 Å². The maximum atomic E-state index is 8.91. The smallest absolute Gasteiger partial charge is 0.206 e. The van der Waals surface area contributed by atoms with Crippen LogP contribution < -0.4 is 4.80 Å². The van der Waals surface area contributed by atoms with Crippen LogP contribution in [0.3, 0.4) is 0 Å². The van der Waals surface area contributed by atoms with Crippen LogP contribution in [0.5, 0.6) is 0 Å². The Balaban J connectivity index is 2.09. The Morgan fingerprint density at radius 1 is 1.19 bits per heavy atom. The van der Waals surface area contributed by atoms with Crippen LogP contribution in [0.25, 0.3) is 11.3 Å². The van der Waals surface area contributed by atoms with Gasteiger partial charge in [-0.05, 0) is 35.9 Å². The summed E-state index contributed by atoms with van der Waals surface area (Å²) in [7, 11) is 0. The van der Waals surface area contributed by atoms with Gasteiger partial charge >= 0.3 is 0 Å². The average molecular weight is 413 g/mol. The molecule has 0 saturated carbocycles. The van der Waals surface area contributed by atoms with Crippen LogP contribution >= 0.6 is 34.5 Å². The highest BCUT2D eigenvalue weighted by Gasteiger charge is 2.11. The van der Waals surface area contributed by atoms with Gasteiger partial charge in [-0.25, -0.2) is 4.68 Å². The number of rotatable bonds is 5. The Morgan fingerprint density at radius 3 is 2.67 bits per heavy atom. The van der Waals surface area contributed by atoms with Crippen molar-refractivity contribution in [3.8, 4) is 17.3 Å². The van der Waals surface area contributed by atoms with Crippen molar-refractivity contribution in [2.45, 2.75) is 0 Å². The van der Waals surface area contributed by atoms with Crippen molar-refractivity contribution in [3.63, 3.8) is 0 Å². The molecule has 4 nitrogen and oxygen atoms in total. The summed E-state index contributed by atoms with van der Waals surface area (Å²) >= 11 is 14.0. The number of nitriles is 1. The number of halogens is 2. The molecule has 3 aromatic rings. The third kappa shape index (κ3) is 4.55. The van der Waals surface area contributed by atoms with Crippen LogP contribution in [0, 0.1) is 11.3 Å². The van der Waals surface area contributed by atoms with E-state index in [2.05, 4.69) is 22.7 Å². The predicted octanol–water partition coefficient (Wildman–Crippen LogP) is 5.36. The van der Waals surface area contributed by atoms with E-state index in [0.717, 1.165) is 16.8 Å². The highest BCUT2D eigenvalue weighted by molar-refractivity contribution is 7.07. The van der Waals surface area contributed by atoms with Crippen molar-refractivity contribution in [1.29, 1.82) is 5.26 Å². The molecule has 0 saturated heterocycles. The molecule has 0 bridgehead atoms. The minimum absolute atomic E-state index is 0.482. The topological polar surface area (TPSA) is 53.4 Å². The van der Waals surface area contributed by atoms with Gasteiger partial charge in [0, 0.05) is 16.0 Å². The van der Waals surface area contributed by atoms with Crippen molar-refractivity contribution in [2.24, 2.45) is 10.1 Å². The zero-order valence-corrected chi connectivity index (χ0v) is 16.5. The molecule has 2 aromatic carbocycles. The molecule has 7 heteroatoms. The van der Waals surface area contributed by atoms with Crippen LogP contribution in [0.2, 0.25) is 10.0 Å². The van der Waals surface area contributed by atoms with E-state index >= 15 is 0 Å². The fraction of sp³-hybridized carbons (Fsp3) is 0.0500. The maximum absolute atomic E-state index is 8.91. The largest absolute Gasteiger partial charge is 0.253 e. The highest BCUT2D eigenvalue weighted by atomic mass is 35.5. The van der Waals surface area contributed by atoms with Crippen molar-refractivity contribution in [1.82, 2.24) is 4.68 Å². The number of nitrogens with zero attached hydrogens (tertiary/aromatic N) is 4. The number of thiazole rings is 1. The van der Waals surface area contributed by atoms with Crippen molar-refractivity contribution in [2.75, 3.05) is 6.54 Å². The van der Waals surface area contributed by atoms with Gasteiger partial charge in [-0.1, -0.05) is 41.4 Å². The van der Waals surface area contributed by atoms with E-state index in [4.69, 9.17) is 28.5 Å². The molecule has 0 atom stereocenters. The van der Waals surface area contributed by atoms with E-state index in [1.165, 1.54) is 11.3 Å². The summed E-state index contributed by atoms with van der Waals surface area (Å²) in [6, 6.07) is 14.6. The molecule has 134 valence electrons. The van der Waals surface area contributed by atoms with Crippen molar-refractivity contribution < 1.29 is 0 Å². The van der Waals surface area contributed by atoms with Crippen LogP contribution in [0.1, 0.15) is 11.1 Å². The average Bonchev–Trinajstić information content (AvgIpc) is 3.09. The SMILES string of the molecule is C=CCN=c1scc(-c2cc(Cl)ccc2Cl)n1N=Cc1ccc(C#N)cc1. The molecular formula is C20H14Cl2N4S. The third-order valence-electron chi connectivity index (χ3n) is 3.61. The Bertz CT molecular complexity index is 1100. The molecule has 0 aliphatic carbocycles. The van der Waals surface area contributed by atoms with Gasteiger partial charge in [0.25, 0.3) is 0 Å². The number of hydrogen-bond acceptors (Lipinski definition) is 4. The van der Waals surface area contributed by atoms with Gasteiger partial charge < -0.3 is 0 Å². The van der Waals surface area contributed by atoms with Crippen LogP contribution in [-0.4, -0.2) is 17.4 Å². The Morgan fingerprint density at radius 2 is 1.96 bits per heavy atom. The highest BCUT2D eigenvalue weighted by Crippen LogP contribution is 2.30. The van der Waals surface area contributed by atoms with Crippen LogP contribution in [0.15, 0.2) is 70.6 Å². The number of hydrogen-bond donors (Lipinski definition) is 0. The Hall–Kier alpha value is -2.65. The Labute approximate surface area is 171 Å². The summed E-state index contributed by atoms with van der Waals surface area (Å²) in [5.41, 5.74) is 3.03. The molecule has 27 heavy (non-hydrogen) atoms. The first-order chi connectivity index (χ1) is 13.1. The maximum Gasteiger partial charge on any atom is 0.206 e. The summed E-state index contributed by atoms with van der Waals surface area (Å²) in [4.78, 5) is 5.21. The molecule has 1 heterocycles. The normalized spacial score (nSPS) is 11.7. The molecular weight excluding hydrogens is 399 g/mol. The van der Waals surface area contributed by atoms with Gasteiger partial charge in [0.1, 0.15) is 0 Å². The summed E-state index contributed by atoms with van der Waals surface area (Å²) < 4.78 is 1.73. The number of benzene rings is 2. The lowest BCUT2D eigenvalue weighted by atomic mass is 10.2. The van der Waals surface area contributed by atoms with Gasteiger partial charge in [-0.2, -0.15) is 10.4 Å². The zero-order valence-electron chi connectivity index (χ0n) is 14.1. The van der Waals surface area contributed by atoms with Gasteiger partial charge in [-0.15, -0.1) is 17.9 Å². The summed E-state index contributed by atoms with van der Waals surface area (Å²) in [6.07, 6.45) is 3.43. The molecule has 0 amide bonds. The van der Waals surface area contributed by atoms with Gasteiger partial charge in [0.15, 0.2) is 0 Å². The fourth-order valence-electron chi connectivity index (χ4n) is 2.31. The van der Waals surface area contributed by atoms with Crippen molar-refractivity contribution in [3.05, 3.63) is 86.5 Å². The summed E-state index contributed by atoms with van der Waals surface area (Å²) in [5.74, 6) is 0. The van der Waals surface area contributed by atoms with E-state index in [1.807, 2.05) is 17.5 Å². The standard InChI is InChI=1S/C20H14Cl2N4S/c1-2-9-24-20-26(25-12-15-5-3-14(11-23)4-6-15)19(13-27-20)17-10-16(21)7-8-18(17)22/h2-8,10,12-13H,1,9H2. The second-order valence-electron chi connectivity index (χ2n) is 5.45. The minimum Gasteiger partial charge on any atom is -0.253 e. The van der Waals surface area contributed by atoms with E-state index in [1.54, 1.807) is 47.3 Å². The van der Waals surface area contributed by atoms with Gasteiger partial charge in [-0.3, -0.25) is 4.99 Å². The first-order valence-corrected chi connectivity index (χ1v) is 9.58. The van der Waals surface area contributed by atoms with Gasteiger partial charge in [0.05, 0.1) is 35.1 Å². The molecule has 0 spiro atoms. The Kier molecular flexibility index (Phi) is 6.25. The monoisotopic (exact) mass is 412 g/mol. The molecule has 0 fully saturated rings.